The first kappa shape index (κ1) is 18.5. The standard InChI is InChI=1S/C22H26N2O4/c1-26-19-8-6-17(7-9-19)18-4-2-3-11-24(14-18)22(25)23-13-16-5-10-20-21(12-16)28-15-27-20/h5-10,12,18H,2-4,11,13-15H2,1H3,(H,23,25). The Balaban J connectivity index is 1.37. The van der Waals surface area contributed by atoms with Crippen molar-refractivity contribution in [2.45, 2.75) is 31.7 Å². The molecule has 2 amide bonds. The molecule has 4 rings (SSSR count). The van der Waals surface area contributed by atoms with E-state index in [9.17, 15) is 4.79 Å². The molecule has 0 saturated carbocycles. The van der Waals surface area contributed by atoms with Gasteiger partial charge in [0.2, 0.25) is 6.79 Å². The van der Waals surface area contributed by atoms with Crippen LogP contribution in [0, 0.1) is 0 Å². The maximum absolute atomic E-state index is 12.8. The van der Waals surface area contributed by atoms with Crippen LogP contribution in [0.3, 0.4) is 0 Å². The number of ether oxygens (including phenoxy) is 3. The summed E-state index contributed by atoms with van der Waals surface area (Å²) in [5, 5.41) is 3.05. The predicted octanol–water partition coefficient (Wildman–Crippen LogP) is 3.90. The van der Waals surface area contributed by atoms with Crippen molar-refractivity contribution in [1.29, 1.82) is 0 Å². The monoisotopic (exact) mass is 382 g/mol. The van der Waals surface area contributed by atoms with Crippen molar-refractivity contribution in [2.75, 3.05) is 27.0 Å². The average molecular weight is 382 g/mol. The van der Waals surface area contributed by atoms with Crippen LogP contribution in [0.25, 0.3) is 0 Å². The zero-order valence-corrected chi connectivity index (χ0v) is 16.1. The number of rotatable bonds is 4. The molecule has 1 N–H and O–H groups in total. The van der Waals surface area contributed by atoms with Gasteiger partial charge in [-0.25, -0.2) is 4.79 Å². The molecule has 1 atom stereocenters. The van der Waals surface area contributed by atoms with E-state index in [4.69, 9.17) is 14.2 Å². The molecule has 0 bridgehead atoms. The predicted molar refractivity (Wildman–Crippen MR) is 106 cm³/mol. The van der Waals surface area contributed by atoms with Crippen molar-refractivity contribution in [3.63, 3.8) is 0 Å². The van der Waals surface area contributed by atoms with Gasteiger partial charge < -0.3 is 24.4 Å². The van der Waals surface area contributed by atoms with Crippen LogP contribution in [-0.4, -0.2) is 37.9 Å². The lowest BCUT2D eigenvalue weighted by Crippen LogP contribution is -2.41. The van der Waals surface area contributed by atoms with Crippen LogP contribution in [0.1, 0.15) is 36.3 Å². The smallest absolute Gasteiger partial charge is 0.317 e. The summed E-state index contributed by atoms with van der Waals surface area (Å²) in [6, 6.07) is 13.9. The Morgan fingerprint density at radius 3 is 2.79 bits per heavy atom. The Hall–Kier alpha value is -2.89. The Kier molecular flexibility index (Phi) is 5.55. The highest BCUT2D eigenvalue weighted by Crippen LogP contribution is 2.32. The minimum atomic E-state index is -0.0157. The Bertz CT molecular complexity index is 822. The molecular formula is C22H26N2O4. The largest absolute Gasteiger partial charge is 0.497 e. The van der Waals surface area contributed by atoms with Gasteiger partial charge in [0.1, 0.15) is 5.75 Å². The number of likely N-dealkylation sites (tertiary alicyclic amines) is 1. The van der Waals surface area contributed by atoms with Gasteiger partial charge in [-0.15, -0.1) is 0 Å². The summed E-state index contributed by atoms with van der Waals surface area (Å²) in [5.74, 6) is 2.70. The number of carbonyl (C=O) groups is 1. The van der Waals surface area contributed by atoms with Crippen LogP contribution < -0.4 is 19.5 Å². The molecule has 0 spiro atoms. The van der Waals surface area contributed by atoms with Crippen LogP contribution in [-0.2, 0) is 6.54 Å². The Morgan fingerprint density at radius 2 is 1.96 bits per heavy atom. The summed E-state index contributed by atoms with van der Waals surface area (Å²) < 4.78 is 16.0. The third-order valence-corrected chi connectivity index (χ3v) is 5.43. The summed E-state index contributed by atoms with van der Waals surface area (Å²) >= 11 is 0. The van der Waals surface area contributed by atoms with Gasteiger partial charge in [-0.2, -0.15) is 0 Å². The van der Waals surface area contributed by atoms with Crippen LogP contribution in [0.2, 0.25) is 0 Å². The van der Waals surface area contributed by atoms with E-state index < -0.39 is 0 Å². The first-order valence-corrected chi connectivity index (χ1v) is 9.78. The quantitative estimate of drug-likeness (QED) is 0.871. The normalized spacial score (nSPS) is 18.5. The van der Waals surface area contributed by atoms with Crippen molar-refractivity contribution < 1.29 is 19.0 Å². The highest BCUT2D eigenvalue weighted by molar-refractivity contribution is 5.74. The molecule has 2 aromatic rings. The molecule has 0 aromatic heterocycles. The minimum Gasteiger partial charge on any atom is -0.497 e. The summed E-state index contributed by atoms with van der Waals surface area (Å²) in [5.41, 5.74) is 2.26. The first-order valence-electron chi connectivity index (χ1n) is 9.78. The van der Waals surface area contributed by atoms with Crippen LogP contribution in [0.15, 0.2) is 42.5 Å². The van der Waals surface area contributed by atoms with E-state index in [1.165, 1.54) is 5.56 Å². The summed E-state index contributed by atoms with van der Waals surface area (Å²) in [6.07, 6.45) is 3.25. The number of carbonyl (C=O) groups excluding carboxylic acids is 1. The van der Waals surface area contributed by atoms with Crippen LogP contribution in [0.5, 0.6) is 17.2 Å². The SMILES string of the molecule is COc1ccc(C2CCCCN(C(=O)NCc3ccc4c(c3)OCO4)C2)cc1. The van der Waals surface area contributed by atoms with Crippen molar-refractivity contribution in [1.82, 2.24) is 10.2 Å². The van der Waals surface area contributed by atoms with E-state index in [1.807, 2.05) is 35.2 Å². The van der Waals surface area contributed by atoms with Gasteiger partial charge in [-0.1, -0.05) is 24.6 Å². The first-order chi connectivity index (χ1) is 13.7. The molecule has 2 aromatic carbocycles. The van der Waals surface area contributed by atoms with Gasteiger partial charge >= 0.3 is 6.03 Å². The number of benzene rings is 2. The van der Waals surface area contributed by atoms with Crippen molar-refractivity contribution >= 4 is 6.03 Å². The number of amides is 2. The minimum absolute atomic E-state index is 0.0157. The van der Waals surface area contributed by atoms with E-state index in [0.717, 1.165) is 55.2 Å². The van der Waals surface area contributed by atoms with Gasteiger partial charge in [0, 0.05) is 25.6 Å². The highest BCUT2D eigenvalue weighted by atomic mass is 16.7. The van der Waals surface area contributed by atoms with Crippen LogP contribution >= 0.6 is 0 Å². The van der Waals surface area contributed by atoms with Crippen molar-refractivity contribution in [3.8, 4) is 17.2 Å². The lowest BCUT2D eigenvalue weighted by atomic mass is 9.94. The number of nitrogens with zero attached hydrogens (tertiary/aromatic N) is 1. The lowest BCUT2D eigenvalue weighted by molar-refractivity contribution is 0.174. The zero-order chi connectivity index (χ0) is 19.3. The fourth-order valence-electron chi connectivity index (χ4n) is 3.82. The number of urea groups is 1. The van der Waals surface area contributed by atoms with E-state index in [0.29, 0.717) is 12.5 Å². The van der Waals surface area contributed by atoms with Gasteiger partial charge in [0.15, 0.2) is 11.5 Å². The third-order valence-electron chi connectivity index (χ3n) is 5.43. The molecule has 6 nitrogen and oxygen atoms in total. The highest BCUT2D eigenvalue weighted by Gasteiger charge is 2.23. The molecule has 6 heteroatoms. The molecule has 2 aliphatic rings. The number of nitrogens with one attached hydrogen (secondary N) is 1. The zero-order valence-electron chi connectivity index (χ0n) is 16.1. The lowest BCUT2D eigenvalue weighted by Gasteiger charge is -2.25. The van der Waals surface area contributed by atoms with E-state index in [1.54, 1.807) is 7.11 Å². The second-order valence-corrected chi connectivity index (χ2v) is 7.26. The van der Waals surface area contributed by atoms with Gasteiger partial charge in [-0.05, 0) is 48.2 Å². The molecule has 2 heterocycles. The molecule has 0 aliphatic carbocycles. The molecule has 0 radical (unpaired) electrons. The fourth-order valence-corrected chi connectivity index (χ4v) is 3.82. The molecular weight excluding hydrogens is 356 g/mol. The Labute approximate surface area is 165 Å². The molecule has 1 fully saturated rings. The topological polar surface area (TPSA) is 60.0 Å². The summed E-state index contributed by atoms with van der Waals surface area (Å²) in [7, 11) is 1.67. The molecule has 148 valence electrons. The maximum atomic E-state index is 12.8. The van der Waals surface area contributed by atoms with E-state index >= 15 is 0 Å². The number of hydrogen-bond acceptors (Lipinski definition) is 4. The van der Waals surface area contributed by atoms with Gasteiger partial charge in [0.25, 0.3) is 0 Å². The van der Waals surface area contributed by atoms with Crippen molar-refractivity contribution in [2.24, 2.45) is 0 Å². The number of fused-ring (bicyclic) bond motifs is 1. The molecule has 1 unspecified atom stereocenters. The molecule has 28 heavy (non-hydrogen) atoms. The molecule has 2 aliphatic heterocycles. The van der Waals surface area contributed by atoms with Crippen molar-refractivity contribution in [3.05, 3.63) is 53.6 Å². The second-order valence-electron chi connectivity index (χ2n) is 7.26. The van der Waals surface area contributed by atoms with Gasteiger partial charge in [-0.3, -0.25) is 0 Å². The second kappa shape index (κ2) is 8.42. The summed E-state index contributed by atoms with van der Waals surface area (Å²) in [4.78, 5) is 14.7. The number of hydrogen-bond donors (Lipinski definition) is 1. The fraction of sp³-hybridized carbons (Fsp3) is 0.409. The average Bonchev–Trinajstić information content (AvgIpc) is 3.06. The maximum Gasteiger partial charge on any atom is 0.317 e. The Morgan fingerprint density at radius 1 is 1.14 bits per heavy atom. The van der Waals surface area contributed by atoms with E-state index in [-0.39, 0.29) is 12.8 Å². The number of methoxy groups -OCH3 is 1. The van der Waals surface area contributed by atoms with Crippen LogP contribution in [0.4, 0.5) is 4.79 Å². The third kappa shape index (κ3) is 4.16. The summed E-state index contributed by atoms with van der Waals surface area (Å²) in [6.45, 7) is 2.25. The molecule has 1 saturated heterocycles. The van der Waals surface area contributed by atoms with E-state index in [2.05, 4.69) is 17.4 Å². The van der Waals surface area contributed by atoms with Gasteiger partial charge in [0.05, 0.1) is 7.11 Å².